The van der Waals surface area contributed by atoms with E-state index in [-0.39, 0.29) is 15.4 Å². The second-order valence-electron chi connectivity index (χ2n) is 6.08. The van der Waals surface area contributed by atoms with Crippen molar-refractivity contribution in [2.45, 2.75) is 13.0 Å². The summed E-state index contributed by atoms with van der Waals surface area (Å²) in [4.78, 5) is 28.1. The Labute approximate surface area is 169 Å². The lowest BCUT2D eigenvalue weighted by atomic mass is 10.1. The van der Waals surface area contributed by atoms with Crippen molar-refractivity contribution in [2.75, 3.05) is 19.0 Å². The van der Waals surface area contributed by atoms with Crippen LogP contribution in [0.1, 0.15) is 16.8 Å². The van der Waals surface area contributed by atoms with E-state index in [1.165, 1.54) is 22.8 Å². The molecule has 0 spiro atoms. The highest BCUT2D eigenvalue weighted by molar-refractivity contribution is 7.71. The van der Waals surface area contributed by atoms with Crippen molar-refractivity contribution in [3.63, 3.8) is 0 Å². The number of benzene rings is 2. The van der Waals surface area contributed by atoms with Gasteiger partial charge in [0.05, 0.1) is 15.9 Å². The first-order chi connectivity index (χ1) is 13.4. The lowest BCUT2D eigenvalue weighted by Gasteiger charge is -2.10. The van der Waals surface area contributed by atoms with Crippen molar-refractivity contribution < 1.29 is 13.9 Å². The number of methoxy groups -OCH3 is 1. The quantitative estimate of drug-likeness (QED) is 0.463. The van der Waals surface area contributed by atoms with Gasteiger partial charge in [0.15, 0.2) is 4.77 Å². The van der Waals surface area contributed by atoms with E-state index in [2.05, 4.69) is 10.3 Å². The third-order valence-corrected chi connectivity index (χ3v) is 4.76. The maximum absolute atomic E-state index is 13.2. The number of hydrogen-bond acceptors (Lipinski definition) is 4. The largest absolute Gasteiger partial charge is 0.385 e. The number of ether oxygens (including phenoxy) is 1. The predicted octanol–water partition coefficient (Wildman–Crippen LogP) is 4.14. The van der Waals surface area contributed by atoms with Crippen molar-refractivity contribution in [3.05, 3.63) is 67.9 Å². The number of nitrogens with zero attached hydrogens (tertiary/aromatic N) is 1. The van der Waals surface area contributed by atoms with Crippen LogP contribution in [0.2, 0.25) is 5.02 Å². The zero-order valence-corrected chi connectivity index (χ0v) is 16.5. The van der Waals surface area contributed by atoms with Crippen molar-refractivity contribution in [1.82, 2.24) is 9.55 Å². The number of hydrogen-bond donors (Lipinski definition) is 2. The van der Waals surface area contributed by atoms with Gasteiger partial charge in [-0.15, -0.1) is 0 Å². The third-order valence-electron chi connectivity index (χ3n) is 4.15. The van der Waals surface area contributed by atoms with E-state index in [9.17, 15) is 14.0 Å². The third kappa shape index (κ3) is 4.30. The molecule has 0 bridgehead atoms. The highest BCUT2D eigenvalue weighted by atomic mass is 35.5. The van der Waals surface area contributed by atoms with E-state index in [4.69, 9.17) is 28.6 Å². The molecule has 1 amide bonds. The number of amides is 1. The van der Waals surface area contributed by atoms with Crippen molar-refractivity contribution in [1.29, 1.82) is 0 Å². The zero-order chi connectivity index (χ0) is 20.3. The van der Waals surface area contributed by atoms with Crippen LogP contribution in [-0.2, 0) is 11.3 Å². The molecule has 146 valence electrons. The molecule has 6 nitrogen and oxygen atoms in total. The first kappa shape index (κ1) is 20.2. The van der Waals surface area contributed by atoms with Crippen molar-refractivity contribution >= 4 is 46.3 Å². The summed E-state index contributed by atoms with van der Waals surface area (Å²) in [6, 6.07) is 8.56. The molecule has 3 rings (SSSR count). The van der Waals surface area contributed by atoms with Crippen LogP contribution in [0.5, 0.6) is 0 Å². The van der Waals surface area contributed by atoms with Gasteiger partial charge in [0.1, 0.15) is 5.82 Å². The topological polar surface area (TPSA) is 76.1 Å². The summed E-state index contributed by atoms with van der Waals surface area (Å²) >= 11 is 11.0. The number of H-pyrrole nitrogens is 1. The summed E-state index contributed by atoms with van der Waals surface area (Å²) in [5, 5.41) is 2.97. The standard InChI is InChI=1S/C19H17ClFN3O3S/c1-27-8-2-7-24-18(26)13-5-3-11(9-16(13)23-19(24)28)17(25)22-12-4-6-15(21)14(20)10-12/h3-6,9-10H,2,7-8H2,1H3,(H,22,25)(H,23,28). The summed E-state index contributed by atoms with van der Waals surface area (Å²) in [6.45, 7) is 0.956. The van der Waals surface area contributed by atoms with Crippen LogP contribution in [-0.4, -0.2) is 29.2 Å². The van der Waals surface area contributed by atoms with Gasteiger partial charge in [-0.05, 0) is 55.0 Å². The van der Waals surface area contributed by atoms with Crippen LogP contribution in [0.25, 0.3) is 10.9 Å². The molecule has 0 fully saturated rings. The lowest BCUT2D eigenvalue weighted by Crippen LogP contribution is -2.23. The zero-order valence-electron chi connectivity index (χ0n) is 14.9. The first-order valence-corrected chi connectivity index (χ1v) is 9.21. The number of anilines is 1. The van der Waals surface area contributed by atoms with Gasteiger partial charge in [0.2, 0.25) is 0 Å². The molecule has 0 unspecified atom stereocenters. The minimum Gasteiger partial charge on any atom is -0.385 e. The number of nitrogens with one attached hydrogen (secondary N) is 2. The second-order valence-corrected chi connectivity index (χ2v) is 6.87. The Morgan fingerprint density at radius 2 is 2.11 bits per heavy atom. The Morgan fingerprint density at radius 1 is 1.32 bits per heavy atom. The molecule has 0 saturated heterocycles. The monoisotopic (exact) mass is 421 g/mol. The highest BCUT2D eigenvalue weighted by Gasteiger charge is 2.11. The number of carbonyl (C=O) groups is 1. The number of fused-ring (bicyclic) bond motifs is 1. The van der Waals surface area contributed by atoms with Gasteiger partial charge in [0, 0.05) is 31.5 Å². The molecule has 2 N–H and O–H groups in total. The number of rotatable bonds is 6. The summed E-state index contributed by atoms with van der Waals surface area (Å²) in [5.74, 6) is -0.993. The Morgan fingerprint density at radius 3 is 2.82 bits per heavy atom. The Balaban J connectivity index is 1.90. The van der Waals surface area contributed by atoms with E-state index < -0.39 is 11.7 Å². The Kier molecular flexibility index (Phi) is 6.23. The molecular weight excluding hydrogens is 405 g/mol. The number of aromatic nitrogens is 2. The van der Waals surface area contributed by atoms with Crippen LogP contribution in [0.15, 0.2) is 41.2 Å². The fraction of sp³-hybridized carbons (Fsp3) is 0.211. The summed E-state index contributed by atoms with van der Waals surface area (Å²) in [7, 11) is 1.59. The van der Waals surface area contributed by atoms with Crippen LogP contribution in [0.4, 0.5) is 10.1 Å². The molecule has 2 aromatic carbocycles. The van der Waals surface area contributed by atoms with E-state index in [0.717, 1.165) is 0 Å². The van der Waals surface area contributed by atoms with Gasteiger partial charge in [0.25, 0.3) is 11.5 Å². The smallest absolute Gasteiger partial charge is 0.262 e. The average molecular weight is 422 g/mol. The molecule has 28 heavy (non-hydrogen) atoms. The van der Waals surface area contributed by atoms with Gasteiger partial charge in [-0.25, -0.2) is 4.39 Å². The molecule has 0 radical (unpaired) electrons. The molecule has 0 aliphatic rings. The van der Waals surface area contributed by atoms with E-state index in [1.54, 1.807) is 25.3 Å². The maximum atomic E-state index is 13.2. The molecule has 0 saturated carbocycles. The molecule has 0 atom stereocenters. The Bertz CT molecular complexity index is 1160. The lowest BCUT2D eigenvalue weighted by molar-refractivity contribution is 0.102. The second kappa shape index (κ2) is 8.64. The van der Waals surface area contributed by atoms with E-state index in [0.29, 0.717) is 41.7 Å². The number of halogens is 2. The number of aromatic amines is 1. The normalized spacial score (nSPS) is 11.0. The number of carbonyl (C=O) groups excluding carboxylic acids is 1. The maximum Gasteiger partial charge on any atom is 0.262 e. The SMILES string of the molecule is COCCCn1c(=S)[nH]c2cc(C(=O)Nc3ccc(F)c(Cl)c3)ccc2c1=O. The van der Waals surface area contributed by atoms with Gasteiger partial charge in [-0.1, -0.05) is 11.6 Å². The first-order valence-electron chi connectivity index (χ1n) is 8.43. The fourth-order valence-corrected chi connectivity index (χ4v) is 3.21. The van der Waals surface area contributed by atoms with Crippen molar-refractivity contribution in [3.8, 4) is 0 Å². The van der Waals surface area contributed by atoms with E-state index >= 15 is 0 Å². The summed E-state index contributed by atoms with van der Waals surface area (Å²) in [6.07, 6.45) is 0.653. The van der Waals surface area contributed by atoms with Gasteiger partial charge >= 0.3 is 0 Å². The highest BCUT2D eigenvalue weighted by Crippen LogP contribution is 2.20. The molecular formula is C19H17ClFN3O3S. The summed E-state index contributed by atoms with van der Waals surface area (Å²) < 4.78 is 20.0. The minimum atomic E-state index is -0.570. The Hall–Kier alpha value is -2.55. The molecule has 9 heteroatoms. The van der Waals surface area contributed by atoms with Crippen LogP contribution in [0.3, 0.4) is 0 Å². The molecule has 1 aromatic heterocycles. The fourth-order valence-electron chi connectivity index (χ4n) is 2.74. The minimum absolute atomic E-state index is 0.0885. The van der Waals surface area contributed by atoms with Gasteiger partial charge in [-0.3, -0.25) is 14.2 Å². The van der Waals surface area contributed by atoms with E-state index in [1.807, 2.05) is 0 Å². The van der Waals surface area contributed by atoms with Gasteiger partial charge in [-0.2, -0.15) is 0 Å². The molecule has 3 aromatic rings. The molecule has 0 aliphatic heterocycles. The summed E-state index contributed by atoms with van der Waals surface area (Å²) in [5.41, 5.74) is 0.906. The van der Waals surface area contributed by atoms with Gasteiger partial charge < -0.3 is 15.0 Å². The molecule has 0 aliphatic carbocycles. The predicted molar refractivity (Wildman–Crippen MR) is 109 cm³/mol. The van der Waals surface area contributed by atoms with Crippen LogP contribution >= 0.6 is 23.8 Å². The average Bonchev–Trinajstić information content (AvgIpc) is 2.67. The van der Waals surface area contributed by atoms with Crippen LogP contribution in [0, 0.1) is 10.6 Å². The van der Waals surface area contributed by atoms with Crippen molar-refractivity contribution in [2.24, 2.45) is 0 Å². The van der Waals surface area contributed by atoms with Crippen LogP contribution < -0.4 is 10.9 Å². The molecule has 1 heterocycles.